The van der Waals surface area contributed by atoms with Crippen molar-refractivity contribution in [2.45, 2.75) is 12.5 Å². The molecule has 0 bridgehead atoms. The lowest BCUT2D eigenvalue weighted by molar-refractivity contribution is -0.390. The summed E-state index contributed by atoms with van der Waals surface area (Å²) >= 11 is 0. The Labute approximate surface area is 132 Å². The fourth-order valence-electron chi connectivity index (χ4n) is 2.88. The highest BCUT2D eigenvalue weighted by atomic mass is 16.6. The Kier molecular flexibility index (Phi) is 3.64. The molecule has 0 atom stereocenters. The summed E-state index contributed by atoms with van der Waals surface area (Å²) in [5.41, 5.74) is 0.0855. The third-order valence-corrected chi connectivity index (χ3v) is 3.91. The zero-order chi connectivity index (χ0) is 16.6. The number of aromatic nitrogens is 3. The number of hydrogen-bond acceptors (Lipinski definition) is 7. The van der Waals surface area contributed by atoms with E-state index in [2.05, 4.69) is 9.97 Å². The lowest BCUT2D eigenvalue weighted by Gasteiger charge is -2.49. The van der Waals surface area contributed by atoms with Gasteiger partial charge in [-0.05, 0) is 16.8 Å². The van der Waals surface area contributed by atoms with Crippen LogP contribution in [-0.2, 0) is 17.4 Å². The molecule has 9 heteroatoms. The molecule has 0 amide bonds. The van der Waals surface area contributed by atoms with E-state index in [4.69, 9.17) is 4.74 Å². The lowest BCUT2D eigenvalue weighted by atomic mass is 9.92. The fourth-order valence-corrected chi connectivity index (χ4v) is 2.88. The molecule has 0 aliphatic carbocycles. The largest absolute Gasteiger partial charge is 0.501 e. The Balaban J connectivity index is 1.82. The molecule has 1 N–H and O–H groups in total. The second-order valence-corrected chi connectivity index (χ2v) is 5.44. The number of hydrogen-bond donors (Lipinski definition) is 1. The molecule has 122 valence electrons. The minimum Gasteiger partial charge on any atom is -0.501 e. The molecular weight excluding hydrogens is 302 g/mol. The molecule has 0 unspecified atom stereocenters. The Bertz CT molecular complexity index is 739. The van der Waals surface area contributed by atoms with E-state index in [0.717, 1.165) is 5.82 Å². The second kappa shape index (κ2) is 5.51. The van der Waals surface area contributed by atoms with E-state index in [0.29, 0.717) is 25.4 Å². The third-order valence-electron chi connectivity index (χ3n) is 3.91. The Morgan fingerprint density at radius 1 is 1.48 bits per heavy atom. The van der Waals surface area contributed by atoms with E-state index in [1.165, 1.54) is 12.3 Å². The Hall–Kier alpha value is -2.68. The van der Waals surface area contributed by atoms with Crippen LogP contribution in [0.3, 0.4) is 0 Å². The number of aryl methyl sites for hydroxylation is 1. The minimum absolute atomic E-state index is 0.446. The van der Waals surface area contributed by atoms with E-state index in [9.17, 15) is 15.2 Å². The first-order valence-corrected chi connectivity index (χ1v) is 7.17. The predicted octanol–water partition coefficient (Wildman–Crippen LogP) is 1.18. The standard InChI is InChI=1S/C14H17N5O4/c1-3-23-14(13-15-4-5-17(13)2)8-18(9-14)10-6-11(20)12(16-7-10)19(21)22/h4-7,20H,3,8-9H2,1-2H3. The SMILES string of the molecule is CCOC1(c2nccn2C)CN(c2cnc([N+](=O)[O-])c(O)c2)C1. The van der Waals surface area contributed by atoms with Gasteiger partial charge in [-0.25, -0.2) is 4.98 Å². The van der Waals surface area contributed by atoms with Crippen LogP contribution in [0.25, 0.3) is 0 Å². The number of nitro groups is 1. The first kappa shape index (κ1) is 15.2. The number of anilines is 1. The molecule has 2 aromatic heterocycles. The molecule has 9 nitrogen and oxygen atoms in total. The van der Waals surface area contributed by atoms with Crippen LogP contribution < -0.4 is 4.90 Å². The summed E-state index contributed by atoms with van der Waals surface area (Å²) in [7, 11) is 1.91. The average molecular weight is 319 g/mol. The van der Waals surface area contributed by atoms with Crippen molar-refractivity contribution in [3.63, 3.8) is 0 Å². The summed E-state index contributed by atoms with van der Waals surface area (Å²) in [6.45, 7) is 3.53. The maximum absolute atomic E-state index is 10.7. The van der Waals surface area contributed by atoms with E-state index in [-0.39, 0.29) is 0 Å². The third kappa shape index (κ3) is 2.48. The molecule has 1 aliphatic rings. The van der Waals surface area contributed by atoms with Gasteiger partial charge in [0, 0.05) is 32.1 Å². The van der Waals surface area contributed by atoms with Gasteiger partial charge in [0.15, 0.2) is 11.8 Å². The maximum Gasteiger partial charge on any atom is 0.406 e. The van der Waals surface area contributed by atoms with Crippen LogP contribution in [0.2, 0.25) is 0 Å². The first-order valence-electron chi connectivity index (χ1n) is 7.17. The quantitative estimate of drug-likeness (QED) is 0.651. The highest BCUT2D eigenvalue weighted by Gasteiger charge is 2.49. The molecule has 0 spiro atoms. The van der Waals surface area contributed by atoms with Crippen LogP contribution in [0.5, 0.6) is 5.75 Å². The Morgan fingerprint density at radius 2 is 2.22 bits per heavy atom. The van der Waals surface area contributed by atoms with Gasteiger partial charge in [0.05, 0.1) is 18.8 Å². The van der Waals surface area contributed by atoms with Crippen LogP contribution in [0, 0.1) is 10.1 Å². The van der Waals surface area contributed by atoms with E-state index >= 15 is 0 Å². The number of ether oxygens (including phenoxy) is 1. The lowest BCUT2D eigenvalue weighted by Crippen LogP contribution is -2.62. The molecule has 1 saturated heterocycles. The summed E-state index contributed by atoms with van der Waals surface area (Å²) < 4.78 is 7.83. The number of nitrogens with zero attached hydrogens (tertiary/aromatic N) is 5. The van der Waals surface area contributed by atoms with Crippen LogP contribution in [-0.4, -0.2) is 44.3 Å². The van der Waals surface area contributed by atoms with Crippen molar-refractivity contribution in [2.24, 2.45) is 7.05 Å². The summed E-state index contributed by atoms with van der Waals surface area (Å²) in [4.78, 5) is 20.0. The van der Waals surface area contributed by atoms with Crippen molar-refractivity contribution in [3.05, 3.63) is 40.6 Å². The summed E-state index contributed by atoms with van der Waals surface area (Å²) in [6, 6.07) is 1.35. The average Bonchev–Trinajstić information content (AvgIpc) is 2.88. The van der Waals surface area contributed by atoms with Gasteiger partial charge in [0.1, 0.15) is 5.82 Å². The van der Waals surface area contributed by atoms with Gasteiger partial charge in [-0.1, -0.05) is 0 Å². The van der Waals surface area contributed by atoms with E-state index in [1.807, 2.05) is 29.6 Å². The number of rotatable bonds is 5. The van der Waals surface area contributed by atoms with Gasteiger partial charge in [-0.15, -0.1) is 0 Å². The first-order chi connectivity index (χ1) is 11.0. The van der Waals surface area contributed by atoms with Crippen LogP contribution in [0.1, 0.15) is 12.7 Å². The van der Waals surface area contributed by atoms with E-state index in [1.54, 1.807) is 6.20 Å². The van der Waals surface area contributed by atoms with Gasteiger partial charge >= 0.3 is 5.82 Å². The normalized spacial score (nSPS) is 16.2. The summed E-state index contributed by atoms with van der Waals surface area (Å²) in [5.74, 6) is -0.164. The summed E-state index contributed by atoms with van der Waals surface area (Å²) in [6.07, 6.45) is 4.96. The van der Waals surface area contributed by atoms with Gasteiger partial charge in [-0.2, -0.15) is 0 Å². The number of imidazole rings is 1. The molecule has 1 fully saturated rings. The van der Waals surface area contributed by atoms with Crippen molar-refractivity contribution >= 4 is 11.5 Å². The number of aromatic hydroxyl groups is 1. The highest BCUT2D eigenvalue weighted by Crippen LogP contribution is 2.39. The Morgan fingerprint density at radius 3 is 2.74 bits per heavy atom. The van der Waals surface area contributed by atoms with Crippen molar-refractivity contribution in [2.75, 3.05) is 24.6 Å². The highest BCUT2D eigenvalue weighted by molar-refractivity contribution is 5.56. The van der Waals surface area contributed by atoms with Crippen molar-refractivity contribution in [1.29, 1.82) is 0 Å². The molecule has 3 rings (SSSR count). The van der Waals surface area contributed by atoms with Gasteiger partial charge in [-0.3, -0.25) is 0 Å². The zero-order valence-electron chi connectivity index (χ0n) is 12.8. The predicted molar refractivity (Wildman–Crippen MR) is 81.3 cm³/mol. The van der Waals surface area contributed by atoms with Crippen molar-refractivity contribution in [3.8, 4) is 5.75 Å². The zero-order valence-corrected chi connectivity index (χ0v) is 12.8. The minimum atomic E-state index is -0.715. The number of pyridine rings is 1. The van der Waals surface area contributed by atoms with Crippen molar-refractivity contribution in [1.82, 2.24) is 14.5 Å². The molecule has 0 radical (unpaired) electrons. The maximum atomic E-state index is 10.7. The fraction of sp³-hybridized carbons (Fsp3) is 0.429. The van der Waals surface area contributed by atoms with Gasteiger partial charge < -0.3 is 29.4 Å². The van der Waals surface area contributed by atoms with Crippen LogP contribution in [0.15, 0.2) is 24.7 Å². The smallest absolute Gasteiger partial charge is 0.406 e. The van der Waals surface area contributed by atoms with Gasteiger partial charge in [0.25, 0.3) is 0 Å². The molecular formula is C14H17N5O4. The second-order valence-electron chi connectivity index (χ2n) is 5.44. The molecule has 1 aliphatic heterocycles. The van der Waals surface area contributed by atoms with Crippen LogP contribution in [0.4, 0.5) is 11.5 Å². The van der Waals surface area contributed by atoms with Crippen LogP contribution >= 0.6 is 0 Å². The molecule has 0 saturated carbocycles. The van der Waals surface area contributed by atoms with Gasteiger partial charge in [0.2, 0.25) is 5.75 Å². The molecule has 23 heavy (non-hydrogen) atoms. The van der Waals surface area contributed by atoms with Crippen molar-refractivity contribution < 1.29 is 14.8 Å². The molecule has 2 aromatic rings. The summed E-state index contributed by atoms with van der Waals surface area (Å²) in [5, 5.41) is 20.4. The van der Waals surface area contributed by atoms with E-state index < -0.39 is 22.1 Å². The topological polar surface area (TPSA) is 107 Å². The monoisotopic (exact) mass is 319 g/mol. The molecule has 3 heterocycles. The molecule has 0 aromatic carbocycles.